The average molecular weight is 206 g/mol. The van der Waals surface area contributed by atoms with Gasteiger partial charge in [0.1, 0.15) is 5.82 Å². The van der Waals surface area contributed by atoms with Gasteiger partial charge in [0.25, 0.3) is 0 Å². The maximum absolute atomic E-state index is 13.6. The molecule has 0 atom stereocenters. The number of fused-ring (bicyclic) bond motifs is 1. The lowest BCUT2D eigenvalue weighted by Gasteiger charge is -2.16. The van der Waals surface area contributed by atoms with Crippen LogP contribution in [-0.4, -0.2) is 5.78 Å². The Morgan fingerprint density at radius 2 is 1.87 bits per heavy atom. The quantitative estimate of drug-likeness (QED) is 0.678. The first-order chi connectivity index (χ1) is 7.22. The second-order valence-corrected chi connectivity index (χ2v) is 4.08. The first-order valence-corrected chi connectivity index (χ1v) is 5.57. The molecule has 0 amide bonds. The van der Waals surface area contributed by atoms with Gasteiger partial charge in [0, 0.05) is 6.42 Å². The number of benzene rings is 1. The number of aryl methyl sites for hydroxylation is 2. The van der Waals surface area contributed by atoms with Gasteiger partial charge in [0.2, 0.25) is 0 Å². The summed E-state index contributed by atoms with van der Waals surface area (Å²) in [5.74, 6) is -0.441. The first-order valence-electron chi connectivity index (χ1n) is 5.57. The lowest BCUT2D eigenvalue weighted by atomic mass is 9.89. The van der Waals surface area contributed by atoms with Crippen LogP contribution in [0.4, 0.5) is 4.39 Å². The number of carbonyl (C=O) groups excluding carboxylic acids is 1. The molecule has 1 aromatic rings. The minimum atomic E-state index is -0.345. The standard InChI is InChI=1S/C13H15FO/c1-2-13(15)11-7-9-5-3-4-6-10(9)8-12(11)14/h7-8H,2-6H2,1H3. The van der Waals surface area contributed by atoms with Crippen molar-refractivity contribution in [3.63, 3.8) is 0 Å². The van der Waals surface area contributed by atoms with Crippen LogP contribution in [-0.2, 0) is 12.8 Å². The van der Waals surface area contributed by atoms with Crippen molar-refractivity contribution in [1.29, 1.82) is 0 Å². The van der Waals surface area contributed by atoms with E-state index in [-0.39, 0.29) is 17.2 Å². The number of ketones is 1. The Kier molecular flexibility index (Phi) is 2.85. The molecule has 0 aliphatic heterocycles. The summed E-state index contributed by atoms with van der Waals surface area (Å²) in [6, 6.07) is 3.31. The van der Waals surface area contributed by atoms with Crippen molar-refractivity contribution < 1.29 is 9.18 Å². The van der Waals surface area contributed by atoms with Crippen molar-refractivity contribution in [1.82, 2.24) is 0 Å². The predicted molar refractivity (Wildman–Crippen MR) is 57.7 cm³/mol. The molecule has 0 unspecified atom stereocenters. The summed E-state index contributed by atoms with van der Waals surface area (Å²) in [6.45, 7) is 1.77. The average Bonchev–Trinajstić information content (AvgIpc) is 2.27. The zero-order valence-corrected chi connectivity index (χ0v) is 8.98. The highest BCUT2D eigenvalue weighted by Gasteiger charge is 2.16. The number of Topliss-reactive ketones (excluding diaryl/α,β-unsaturated/α-hetero) is 1. The SMILES string of the molecule is CCC(=O)c1cc2c(cc1F)CCCC2. The van der Waals surface area contributed by atoms with Crippen molar-refractivity contribution in [2.24, 2.45) is 0 Å². The van der Waals surface area contributed by atoms with E-state index >= 15 is 0 Å². The third-order valence-electron chi connectivity index (χ3n) is 3.05. The van der Waals surface area contributed by atoms with Gasteiger partial charge < -0.3 is 0 Å². The van der Waals surface area contributed by atoms with Crippen LogP contribution in [0.15, 0.2) is 12.1 Å². The molecule has 1 aromatic carbocycles. The van der Waals surface area contributed by atoms with Gasteiger partial charge in [-0.3, -0.25) is 4.79 Å². The molecule has 2 rings (SSSR count). The highest BCUT2D eigenvalue weighted by atomic mass is 19.1. The van der Waals surface area contributed by atoms with Crippen LogP contribution >= 0.6 is 0 Å². The van der Waals surface area contributed by atoms with Crippen molar-refractivity contribution in [3.05, 3.63) is 34.6 Å². The number of hydrogen-bond acceptors (Lipinski definition) is 1. The third kappa shape index (κ3) is 1.94. The molecule has 0 heterocycles. The molecule has 1 aliphatic carbocycles. The van der Waals surface area contributed by atoms with Gasteiger partial charge in [-0.05, 0) is 48.9 Å². The molecule has 1 nitrogen and oxygen atoms in total. The number of rotatable bonds is 2. The molecular weight excluding hydrogens is 191 g/mol. The summed E-state index contributed by atoms with van der Waals surface area (Å²) in [7, 11) is 0. The number of hydrogen-bond donors (Lipinski definition) is 0. The second kappa shape index (κ2) is 4.13. The molecule has 0 N–H and O–H groups in total. The van der Waals surface area contributed by atoms with Crippen LogP contribution < -0.4 is 0 Å². The van der Waals surface area contributed by atoms with E-state index in [9.17, 15) is 9.18 Å². The fraction of sp³-hybridized carbons (Fsp3) is 0.462. The Morgan fingerprint density at radius 1 is 1.27 bits per heavy atom. The second-order valence-electron chi connectivity index (χ2n) is 4.08. The van der Waals surface area contributed by atoms with Crippen LogP contribution in [0.25, 0.3) is 0 Å². The largest absolute Gasteiger partial charge is 0.294 e. The molecule has 0 saturated carbocycles. The number of carbonyl (C=O) groups is 1. The van der Waals surface area contributed by atoms with Crippen LogP contribution in [0, 0.1) is 5.82 Å². The normalized spacial score (nSPS) is 14.8. The minimum absolute atomic E-state index is 0.0964. The van der Waals surface area contributed by atoms with Crippen LogP contribution in [0.3, 0.4) is 0 Å². The van der Waals surface area contributed by atoms with Gasteiger partial charge in [0.15, 0.2) is 5.78 Å². The maximum Gasteiger partial charge on any atom is 0.165 e. The van der Waals surface area contributed by atoms with E-state index in [0.29, 0.717) is 6.42 Å². The highest BCUT2D eigenvalue weighted by Crippen LogP contribution is 2.24. The highest BCUT2D eigenvalue weighted by molar-refractivity contribution is 5.96. The summed E-state index contributed by atoms with van der Waals surface area (Å²) in [5, 5.41) is 0. The van der Waals surface area contributed by atoms with Gasteiger partial charge in [-0.25, -0.2) is 4.39 Å². The lowest BCUT2D eigenvalue weighted by Crippen LogP contribution is -2.08. The fourth-order valence-electron chi connectivity index (χ4n) is 2.16. The van der Waals surface area contributed by atoms with Gasteiger partial charge >= 0.3 is 0 Å². The van der Waals surface area contributed by atoms with Gasteiger partial charge in [-0.1, -0.05) is 6.92 Å². The fourth-order valence-corrected chi connectivity index (χ4v) is 2.16. The molecule has 0 radical (unpaired) electrons. The molecule has 1 aliphatic rings. The van der Waals surface area contributed by atoms with Crippen molar-refractivity contribution in [2.75, 3.05) is 0 Å². The van der Waals surface area contributed by atoms with E-state index in [1.165, 1.54) is 5.56 Å². The Balaban J connectivity index is 2.44. The smallest absolute Gasteiger partial charge is 0.165 e. The Bertz CT molecular complexity index is 396. The molecule has 15 heavy (non-hydrogen) atoms. The van der Waals surface area contributed by atoms with E-state index in [4.69, 9.17) is 0 Å². The number of halogens is 1. The molecule has 0 saturated heterocycles. The summed E-state index contributed by atoms with van der Waals surface area (Å²) in [6.07, 6.45) is 4.59. The summed E-state index contributed by atoms with van der Waals surface area (Å²) >= 11 is 0. The van der Waals surface area contributed by atoms with Gasteiger partial charge in [0.05, 0.1) is 5.56 Å². The maximum atomic E-state index is 13.6. The predicted octanol–water partition coefficient (Wildman–Crippen LogP) is 3.30. The molecule has 0 spiro atoms. The minimum Gasteiger partial charge on any atom is -0.294 e. The van der Waals surface area contributed by atoms with Crippen LogP contribution in [0.2, 0.25) is 0 Å². The molecular formula is C13H15FO. The Morgan fingerprint density at radius 3 is 2.47 bits per heavy atom. The third-order valence-corrected chi connectivity index (χ3v) is 3.05. The summed E-state index contributed by atoms with van der Waals surface area (Å²) in [5.41, 5.74) is 2.53. The molecule has 0 fully saturated rings. The van der Waals surface area contributed by atoms with Crippen LogP contribution in [0.1, 0.15) is 47.7 Å². The van der Waals surface area contributed by atoms with Crippen molar-refractivity contribution in [3.8, 4) is 0 Å². The molecule has 0 aromatic heterocycles. The zero-order chi connectivity index (χ0) is 10.8. The van der Waals surface area contributed by atoms with Gasteiger partial charge in [-0.2, -0.15) is 0 Å². The van der Waals surface area contributed by atoms with Gasteiger partial charge in [-0.15, -0.1) is 0 Å². The Hall–Kier alpha value is -1.18. The molecule has 80 valence electrons. The first kappa shape index (κ1) is 10.3. The van der Waals surface area contributed by atoms with E-state index in [0.717, 1.165) is 31.2 Å². The summed E-state index contributed by atoms with van der Waals surface area (Å²) < 4.78 is 13.6. The summed E-state index contributed by atoms with van der Waals surface area (Å²) in [4.78, 5) is 11.5. The monoisotopic (exact) mass is 206 g/mol. The van der Waals surface area contributed by atoms with Crippen LogP contribution in [0.5, 0.6) is 0 Å². The topological polar surface area (TPSA) is 17.1 Å². The van der Waals surface area contributed by atoms with E-state index < -0.39 is 0 Å². The van der Waals surface area contributed by atoms with Crippen molar-refractivity contribution >= 4 is 5.78 Å². The Labute approximate surface area is 89.3 Å². The molecule has 2 heteroatoms. The zero-order valence-electron chi connectivity index (χ0n) is 8.98. The van der Waals surface area contributed by atoms with E-state index in [2.05, 4.69) is 0 Å². The van der Waals surface area contributed by atoms with Crippen molar-refractivity contribution in [2.45, 2.75) is 39.0 Å². The molecule has 0 bridgehead atoms. The van der Waals surface area contributed by atoms with E-state index in [1.54, 1.807) is 19.1 Å². The lowest BCUT2D eigenvalue weighted by molar-refractivity contribution is 0.0984. The van der Waals surface area contributed by atoms with E-state index in [1.807, 2.05) is 0 Å².